The van der Waals surface area contributed by atoms with Gasteiger partial charge in [-0.25, -0.2) is 4.79 Å². The molecular weight excluding hydrogens is 368 g/mol. The van der Waals surface area contributed by atoms with Crippen LogP contribution < -0.4 is 9.47 Å². The summed E-state index contributed by atoms with van der Waals surface area (Å²) < 4.78 is 32.1. The first-order chi connectivity index (χ1) is 13.6. The molecule has 0 unspecified atom stereocenters. The number of ether oxygens (including phenoxy) is 5. The van der Waals surface area contributed by atoms with Crippen molar-refractivity contribution in [1.82, 2.24) is 0 Å². The van der Waals surface area contributed by atoms with E-state index in [1.54, 1.807) is 33.3 Å². The Morgan fingerprint density at radius 2 is 1.64 bits per heavy atom. The molecule has 0 saturated heterocycles. The van der Waals surface area contributed by atoms with Gasteiger partial charge in [0.05, 0.1) is 25.4 Å². The number of hydrogen-bond donors (Lipinski definition) is 0. The van der Waals surface area contributed by atoms with Crippen molar-refractivity contribution in [3.63, 3.8) is 0 Å². The summed E-state index contributed by atoms with van der Waals surface area (Å²) in [5.41, 5.74) is 0.665. The molecule has 0 radical (unpaired) electrons. The van der Waals surface area contributed by atoms with Gasteiger partial charge in [0.2, 0.25) is 0 Å². The summed E-state index contributed by atoms with van der Waals surface area (Å²) in [5, 5.41) is 0. The molecule has 0 N–H and O–H groups in total. The molecule has 1 heterocycles. The number of hydrogen-bond acceptors (Lipinski definition) is 8. The highest BCUT2D eigenvalue weighted by Gasteiger charge is 2.22. The Kier molecular flexibility index (Phi) is 8.51. The number of aldehydes is 1. The van der Waals surface area contributed by atoms with Crippen LogP contribution in [0.1, 0.15) is 27.8 Å². The minimum atomic E-state index is -0.540. The molecule has 2 rings (SSSR count). The van der Waals surface area contributed by atoms with Crippen LogP contribution in [0.5, 0.6) is 11.5 Å². The molecule has 28 heavy (non-hydrogen) atoms. The van der Waals surface area contributed by atoms with Gasteiger partial charge in [-0.05, 0) is 31.2 Å². The fraction of sp³-hybridized carbons (Fsp3) is 0.400. The summed E-state index contributed by atoms with van der Waals surface area (Å²) in [4.78, 5) is 23.5. The van der Waals surface area contributed by atoms with Crippen molar-refractivity contribution in [2.45, 2.75) is 6.92 Å². The van der Waals surface area contributed by atoms with Crippen LogP contribution in [0.3, 0.4) is 0 Å². The van der Waals surface area contributed by atoms with Crippen LogP contribution in [-0.4, -0.2) is 59.5 Å². The number of carbonyl (C=O) groups excluding carboxylic acids is 2. The Labute approximate surface area is 163 Å². The summed E-state index contributed by atoms with van der Waals surface area (Å²) in [7, 11) is 3.13. The molecule has 0 atom stereocenters. The van der Waals surface area contributed by atoms with Gasteiger partial charge >= 0.3 is 5.97 Å². The second-order valence-electron chi connectivity index (χ2n) is 5.57. The quantitative estimate of drug-likeness (QED) is 0.309. The first kappa shape index (κ1) is 21.5. The van der Waals surface area contributed by atoms with Crippen LogP contribution in [0.15, 0.2) is 28.7 Å². The Morgan fingerprint density at radius 3 is 2.18 bits per heavy atom. The zero-order chi connectivity index (χ0) is 20.4. The average Bonchev–Trinajstić information content (AvgIpc) is 3.18. The van der Waals surface area contributed by atoms with Gasteiger partial charge in [0.15, 0.2) is 23.5 Å². The normalized spacial score (nSPS) is 10.5. The Balaban J connectivity index is 2.50. The molecule has 0 aliphatic carbocycles. The summed E-state index contributed by atoms with van der Waals surface area (Å²) in [6, 6.07) is 6.28. The fourth-order valence-corrected chi connectivity index (χ4v) is 2.40. The first-order valence-corrected chi connectivity index (χ1v) is 8.78. The van der Waals surface area contributed by atoms with Crippen LogP contribution in [-0.2, 0) is 14.2 Å². The highest BCUT2D eigenvalue weighted by molar-refractivity contribution is 5.98. The molecular formula is C20H24O8. The number of esters is 1. The molecule has 2 aromatic rings. The van der Waals surface area contributed by atoms with Crippen molar-refractivity contribution in [3.05, 3.63) is 35.6 Å². The van der Waals surface area contributed by atoms with E-state index < -0.39 is 5.97 Å². The van der Waals surface area contributed by atoms with Gasteiger partial charge in [-0.15, -0.1) is 0 Å². The smallest absolute Gasteiger partial charge is 0.339 e. The summed E-state index contributed by atoms with van der Waals surface area (Å²) in [5.74, 6) is 0.709. The predicted molar refractivity (Wildman–Crippen MR) is 100 cm³/mol. The van der Waals surface area contributed by atoms with Crippen LogP contribution in [0, 0.1) is 0 Å². The van der Waals surface area contributed by atoms with E-state index in [0.29, 0.717) is 42.3 Å². The largest absolute Gasteiger partial charge is 0.487 e. The van der Waals surface area contributed by atoms with Crippen LogP contribution in [0.25, 0.3) is 11.3 Å². The third kappa shape index (κ3) is 5.58. The van der Waals surface area contributed by atoms with E-state index in [0.717, 1.165) is 0 Å². The van der Waals surface area contributed by atoms with Gasteiger partial charge in [0.1, 0.15) is 19.0 Å². The van der Waals surface area contributed by atoms with Crippen molar-refractivity contribution < 1.29 is 37.7 Å². The Hall–Kier alpha value is -2.84. The lowest BCUT2D eigenvalue weighted by molar-refractivity contribution is 0.0526. The minimum absolute atomic E-state index is 0.145. The Bertz CT molecular complexity index is 781. The summed E-state index contributed by atoms with van der Waals surface area (Å²) >= 11 is 0. The van der Waals surface area contributed by atoms with Gasteiger partial charge in [-0.2, -0.15) is 0 Å². The molecule has 1 aromatic carbocycles. The van der Waals surface area contributed by atoms with Crippen molar-refractivity contribution in [2.75, 3.05) is 47.3 Å². The molecule has 0 aliphatic rings. The van der Waals surface area contributed by atoms with E-state index in [-0.39, 0.29) is 31.1 Å². The second kappa shape index (κ2) is 11.1. The number of methoxy groups -OCH3 is 2. The monoisotopic (exact) mass is 392 g/mol. The molecule has 1 aromatic heterocycles. The van der Waals surface area contributed by atoms with Gasteiger partial charge in [-0.1, -0.05) is 0 Å². The Morgan fingerprint density at radius 1 is 1.00 bits per heavy atom. The van der Waals surface area contributed by atoms with Crippen molar-refractivity contribution in [3.8, 4) is 22.8 Å². The molecule has 152 valence electrons. The highest BCUT2D eigenvalue weighted by Crippen LogP contribution is 2.37. The number of carbonyl (C=O) groups is 2. The van der Waals surface area contributed by atoms with Gasteiger partial charge in [0, 0.05) is 19.8 Å². The number of furan rings is 1. The second-order valence-corrected chi connectivity index (χ2v) is 5.57. The first-order valence-electron chi connectivity index (χ1n) is 8.78. The third-order valence-electron chi connectivity index (χ3n) is 3.68. The molecule has 8 nitrogen and oxygen atoms in total. The lowest BCUT2D eigenvalue weighted by atomic mass is 10.0. The minimum Gasteiger partial charge on any atom is -0.487 e. The van der Waals surface area contributed by atoms with Gasteiger partial charge < -0.3 is 28.1 Å². The van der Waals surface area contributed by atoms with Crippen molar-refractivity contribution in [2.24, 2.45) is 0 Å². The summed E-state index contributed by atoms with van der Waals surface area (Å²) in [6.45, 7) is 3.23. The average molecular weight is 392 g/mol. The molecule has 0 fully saturated rings. The predicted octanol–water partition coefficient (Wildman–Crippen LogP) is 2.99. The summed E-state index contributed by atoms with van der Waals surface area (Å²) in [6.07, 6.45) is 0.589. The van der Waals surface area contributed by atoms with E-state index in [1.165, 1.54) is 12.1 Å². The number of benzene rings is 1. The fourth-order valence-electron chi connectivity index (χ4n) is 2.40. The topological polar surface area (TPSA) is 93.4 Å². The van der Waals surface area contributed by atoms with Crippen LogP contribution in [0.4, 0.5) is 0 Å². The molecule has 0 saturated carbocycles. The SMILES string of the molecule is CCOC(=O)c1cc(OCCOC)c(OCCOC)cc1-c1ccc(C=O)o1. The molecule has 0 spiro atoms. The van der Waals surface area contributed by atoms with Crippen molar-refractivity contribution >= 4 is 12.3 Å². The van der Waals surface area contributed by atoms with Crippen LogP contribution >= 0.6 is 0 Å². The van der Waals surface area contributed by atoms with Crippen LogP contribution in [0.2, 0.25) is 0 Å². The third-order valence-corrected chi connectivity index (χ3v) is 3.68. The maximum atomic E-state index is 12.5. The lowest BCUT2D eigenvalue weighted by Gasteiger charge is -2.16. The van der Waals surface area contributed by atoms with Gasteiger partial charge in [-0.3, -0.25) is 4.79 Å². The molecule has 0 aliphatic heterocycles. The maximum Gasteiger partial charge on any atom is 0.339 e. The van der Waals surface area contributed by atoms with Crippen molar-refractivity contribution in [1.29, 1.82) is 0 Å². The van der Waals surface area contributed by atoms with Gasteiger partial charge in [0.25, 0.3) is 0 Å². The van der Waals surface area contributed by atoms with E-state index in [9.17, 15) is 9.59 Å². The number of rotatable bonds is 12. The zero-order valence-corrected chi connectivity index (χ0v) is 16.2. The van der Waals surface area contributed by atoms with E-state index in [1.807, 2.05) is 0 Å². The van der Waals surface area contributed by atoms with E-state index in [2.05, 4.69) is 0 Å². The molecule has 0 amide bonds. The van der Waals surface area contributed by atoms with E-state index >= 15 is 0 Å². The lowest BCUT2D eigenvalue weighted by Crippen LogP contribution is -2.11. The molecule has 0 bridgehead atoms. The standard InChI is InChI=1S/C20H24O8/c1-4-25-20(22)16-12-19(27-10-8-24-3)18(26-9-7-23-2)11-15(16)17-6-5-14(13-21)28-17/h5-6,11-13H,4,7-10H2,1-3H3. The highest BCUT2D eigenvalue weighted by atomic mass is 16.6. The van der Waals surface area contributed by atoms with E-state index in [4.69, 9.17) is 28.1 Å². The molecule has 8 heteroatoms. The maximum absolute atomic E-state index is 12.5. The zero-order valence-electron chi connectivity index (χ0n) is 16.2.